The maximum atomic E-state index is 11.7. The Kier molecular flexibility index (Phi) is 3.21. The Hall–Kier alpha value is -1.72. The number of rotatable bonds is 1. The lowest BCUT2D eigenvalue weighted by molar-refractivity contribution is 0.0972. The highest BCUT2D eigenvalue weighted by atomic mass is 35.5. The molecule has 0 saturated heterocycles. The van der Waals surface area contributed by atoms with Crippen molar-refractivity contribution in [2.45, 2.75) is 0 Å². The fourth-order valence-electron chi connectivity index (χ4n) is 1.43. The second-order valence-corrected chi connectivity index (χ2v) is 3.94. The molecule has 0 aliphatic carbocycles. The minimum absolute atomic E-state index is 0.159. The molecule has 0 saturated carbocycles. The number of hydrogen-bond donors (Lipinski definition) is 3. The zero-order valence-electron chi connectivity index (χ0n) is 8.50. The first-order valence-electron chi connectivity index (χ1n) is 4.64. The predicted octanol–water partition coefficient (Wildman–Crippen LogP) is 2.02. The molecule has 4 N–H and O–H groups in total. The average molecular weight is 271 g/mol. The molecule has 88 valence electrons. The molecule has 7 heteroatoms. The van der Waals surface area contributed by atoms with Gasteiger partial charge in [-0.2, -0.15) is 0 Å². The van der Waals surface area contributed by atoms with Crippen molar-refractivity contribution in [3.63, 3.8) is 0 Å². The lowest BCUT2D eigenvalue weighted by Crippen LogP contribution is -2.36. The molecule has 0 spiro atoms. The third-order valence-electron chi connectivity index (χ3n) is 2.16. The van der Waals surface area contributed by atoms with Gasteiger partial charge in [-0.3, -0.25) is 10.1 Å². The Morgan fingerprint density at radius 2 is 2.18 bits per heavy atom. The zero-order valence-corrected chi connectivity index (χ0v) is 10.0. The van der Waals surface area contributed by atoms with E-state index in [9.17, 15) is 4.79 Å². The highest BCUT2D eigenvalue weighted by Gasteiger charge is 2.10. The number of amides is 1. The fraction of sp³-hybridized carbons (Fsp3) is 0. The van der Waals surface area contributed by atoms with Gasteiger partial charge >= 0.3 is 0 Å². The van der Waals surface area contributed by atoms with Gasteiger partial charge in [0, 0.05) is 27.7 Å². The Balaban J connectivity index is 2.33. The highest BCUT2D eigenvalue weighted by Crippen LogP contribution is 2.19. The summed E-state index contributed by atoms with van der Waals surface area (Å²) >= 11 is 10.9. The maximum absolute atomic E-state index is 11.7. The van der Waals surface area contributed by atoms with Crippen LogP contribution in [0.4, 0.5) is 0 Å². The van der Waals surface area contributed by atoms with Gasteiger partial charge in [0.15, 0.2) is 0 Å². The summed E-state index contributed by atoms with van der Waals surface area (Å²) in [5.74, 6) is -0.576. The molecule has 1 aromatic heterocycles. The van der Waals surface area contributed by atoms with Crippen LogP contribution < -0.4 is 11.1 Å². The van der Waals surface area contributed by atoms with Crippen molar-refractivity contribution < 1.29 is 4.79 Å². The lowest BCUT2D eigenvalue weighted by atomic mass is 10.2. The first-order valence-corrected chi connectivity index (χ1v) is 5.36. The van der Waals surface area contributed by atoms with Gasteiger partial charge in [-0.1, -0.05) is 11.6 Å². The van der Waals surface area contributed by atoms with E-state index in [4.69, 9.17) is 29.1 Å². The minimum Gasteiger partial charge on any atom is -0.369 e. The first kappa shape index (κ1) is 11.8. The van der Waals surface area contributed by atoms with E-state index in [2.05, 4.69) is 14.8 Å². The van der Waals surface area contributed by atoms with Gasteiger partial charge in [-0.15, -0.1) is 4.51 Å². The Morgan fingerprint density at radius 3 is 2.88 bits per heavy atom. The van der Waals surface area contributed by atoms with E-state index >= 15 is 0 Å². The van der Waals surface area contributed by atoms with Crippen LogP contribution in [0.25, 0.3) is 10.9 Å². The summed E-state index contributed by atoms with van der Waals surface area (Å²) in [5.41, 5.74) is 6.44. The minimum atomic E-state index is -0.417. The van der Waals surface area contributed by atoms with Crippen LogP contribution in [-0.4, -0.2) is 16.9 Å². The number of guanidine groups is 1. The average Bonchev–Trinajstić information content (AvgIpc) is 2.71. The summed E-state index contributed by atoms with van der Waals surface area (Å²) in [5, 5.41) is 3.75. The molecule has 0 bridgehead atoms. The number of nitrogens with one attached hydrogen (secondary N) is 2. The number of nitrogens with zero attached hydrogens (tertiary/aromatic N) is 1. The van der Waals surface area contributed by atoms with Gasteiger partial charge in [0.1, 0.15) is 5.69 Å². The van der Waals surface area contributed by atoms with Crippen LogP contribution in [0.2, 0.25) is 5.02 Å². The van der Waals surface area contributed by atoms with E-state index in [-0.39, 0.29) is 5.96 Å². The molecule has 2 aromatic rings. The molecule has 5 nitrogen and oxygen atoms in total. The SMILES string of the molecule is N/C(=N\Cl)NC(=O)c1cc2cc(Cl)ccc2[nH]1. The monoisotopic (exact) mass is 270 g/mol. The van der Waals surface area contributed by atoms with Gasteiger partial charge in [0.2, 0.25) is 5.96 Å². The molecule has 1 heterocycles. The predicted molar refractivity (Wildman–Crippen MR) is 68.3 cm³/mol. The highest BCUT2D eigenvalue weighted by molar-refractivity contribution is 6.31. The molecule has 2 rings (SSSR count). The number of carbonyl (C=O) groups excluding carboxylic acids is 1. The molecule has 0 aliphatic heterocycles. The lowest BCUT2D eigenvalue weighted by Gasteiger charge is -1.99. The number of aromatic nitrogens is 1. The first-order chi connectivity index (χ1) is 8.10. The van der Waals surface area contributed by atoms with Crippen LogP contribution in [0.15, 0.2) is 28.8 Å². The number of nitrogens with two attached hydrogens (primary N) is 1. The van der Waals surface area contributed by atoms with Crippen LogP contribution in [0, 0.1) is 0 Å². The number of H-pyrrole nitrogens is 1. The molecular weight excluding hydrogens is 263 g/mol. The number of hydrogen-bond acceptors (Lipinski definition) is 2. The van der Waals surface area contributed by atoms with Crippen molar-refractivity contribution in [3.8, 4) is 0 Å². The van der Waals surface area contributed by atoms with E-state index in [0.29, 0.717) is 10.7 Å². The molecule has 0 fully saturated rings. The molecular formula is C10H8Cl2N4O. The van der Waals surface area contributed by atoms with E-state index in [1.165, 1.54) is 0 Å². The summed E-state index contributed by atoms with van der Waals surface area (Å²) < 4.78 is 3.12. The molecule has 0 unspecified atom stereocenters. The Morgan fingerprint density at radius 1 is 1.41 bits per heavy atom. The number of carbonyl (C=O) groups is 1. The van der Waals surface area contributed by atoms with Crippen molar-refractivity contribution in [3.05, 3.63) is 35.0 Å². The van der Waals surface area contributed by atoms with Crippen molar-refractivity contribution in [2.24, 2.45) is 10.2 Å². The fourth-order valence-corrected chi connectivity index (χ4v) is 1.65. The van der Waals surface area contributed by atoms with Crippen molar-refractivity contribution in [2.75, 3.05) is 0 Å². The summed E-state index contributed by atoms with van der Waals surface area (Å²) in [7, 11) is 0. The molecule has 1 aromatic carbocycles. The van der Waals surface area contributed by atoms with Crippen molar-refractivity contribution in [1.82, 2.24) is 10.3 Å². The number of halogens is 2. The molecule has 1 amide bonds. The molecule has 0 atom stereocenters. The second-order valence-electron chi connectivity index (χ2n) is 3.34. The van der Waals surface area contributed by atoms with Crippen LogP contribution >= 0.6 is 23.4 Å². The van der Waals surface area contributed by atoms with Crippen molar-refractivity contribution >= 4 is 46.1 Å². The number of fused-ring (bicyclic) bond motifs is 1. The van der Waals surface area contributed by atoms with Crippen LogP contribution in [0.5, 0.6) is 0 Å². The van der Waals surface area contributed by atoms with Crippen LogP contribution in [0.3, 0.4) is 0 Å². The normalized spacial score (nSPS) is 11.8. The summed E-state index contributed by atoms with van der Waals surface area (Å²) in [6.45, 7) is 0. The quantitative estimate of drug-likeness (QED) is 0.547. The Bertz CT molecular complexity index is 605. The number of benzene rings is 1. The van der Waals surface area contributed by atoms with Gasteiger partial charge in [0.05, 0.1) is 0 Å². The van der Waals surface area contributed by atoms with E-state index in [0.717, 1.165) is 10.9 Å². The van der Waals surface area contributed by atoms with E-state index in [1.807, 2.05) is 0 Å². The van der Waals surface area contributed by atoms with E-state index < -0.39 is 5.91 Å². The third-order valence-corrected chi connectivity index (χ3v) is 2.58. The standard InChI is InChI=1S/C10H8Cl2N4O/c11-6-1-2-7-5(3-6)4-8(14-7)9(17)15-10(13)16-12/h1-4,14H,(H3,13,15,16,17). The van der Waals surface area contributed by atoms with Crippen molar-refractivity contribution in [1.29, 1.82) is 0 Å². The summed E-state index contributed by atoms with van der Waals surface area (Å²) in [6, 6.07) is 6.94. The topological polar surface area (TPSA) is 83.3 Å². The summed E-state index contributed by atoms with van der Waals surface area (Å²) in [6.07, 6.45) is 0. The van der Waals surface area contributed by atoms with Crippen LogP contribution in [-0.2, 0) is 0 Å². The number of aromatic amines is 1. The summed E-state index contributed by atoms with van der Waals surface area (Å²) in [4.78, 5) is 14.6. The molecule has 0 aliphatic rings. The largest absolute Gasteiger partial charge is 0.369 e. The third kappa shape index (κ3) is 2.51. The van der Waals surface area contributed by atoms with Gasteiger partial charge in [-0.25, -0.2) is 0 Å². The maximum Gasteiger partial charge on any atom is 0.274 e. The van der Waals surface area contributed by atoms with E-state index in [1.54, 1.807) is 24.3 Å². The second kappa shape index (κ2) is 4.65. The van der Waals surface area contributed by atoms with Gasteiger partial charge in [0.25, 0.3) is 5.91 Å². The van der Waals surface area contributed by atoms with Gasteiger partial charge < -0.3 is 10.7 Å². The molecule has 0 radical (unpaired) electrons. The Labute approximate surface area is 107 Å². The smallest absolute Gasteiger partial charge is 0.274 e. The zero-order chi connectivity index (χ0) is 12.4. The van der Waals surface area contributed by atoms with Crippen LogP contribution in [0.1, 0.15) is 10.5 Å². The molecule has 17 heavy (non-hydrogen) atoms. The van der Waals surface area contributed by atoms with Gasteiger partial charge in [-0.05, 0) is 24.3 Å².